The van der Waals surface area contributed by atoms with E-state index in [0.717, 1.165) is 16.1 Å². The summed E-state index contributed by atoms with van der Waals surface area (Å²) in [6, 6.07) is 26.6. The van der Waals surface area contributed by atoms with Crippen molar-refractivity contribution in [2.45, 2.75) is 31.1 Å². The fraction of sp³-hybridized carbons (Fsp3) is 0.208. The van der Waals surface area contributed by atoms with Crippen LogP contribution in [0, 0.1) is 0 Å². The van der Waals surface area contributed by atoms with E-state index in [9.17, 15) is 4.79 Å². The van der Waals surface area contributed by atoms with E-state index in [2.05, 4.69) is 62.5 Å². The standard InChI is InChI=1S/C24H25NOS/c1-24(2,3)20-11-15-22(16-12-20)27-17-23(26)25-21-13-9-19(10-14-21)18-7-5-4-6-8-18/h4-16H,17H2,1-3H3,(H,25,26). The molecular formula is C24H25NOS. The molecule has 0 fully saturated rings. The highest BCUT2D eigenvalue weighted by molar-refractivity contribution is 8.00. The van der Waals surface area contributed by atoms with Gasteiger partial charge in [0, 0.05) is 10.6 Å². The molecule has 0 aliphatic rings. The summed E-state index contributed by atoms with van der Waals surface area (Å²) in [5.41, 5.74) is 4.58. The summed E-state index contributed by atoms with van der Waals surface area (Å²) in [6.07, 6.45) is 0. The molecular weight excluding hydrogens is 350 g/mol. The van der Waals surface area contributed by atoms with Gasteiger partial charge in [-0.1, -0.05) is 75.4 Å². The van der Waals surface area contributed by atoms with Gasteiger partial charge in [-0.05, 0) is 46.4 Å². The second-order valence-electron chi connectivity index (χ2n) is 7.55. The van der Waals surface area contributed by atoms with Crippen LogP contribution in [-0.4, -0.2) is 11.7 Å². The summed E-state index contributed by atoms with van der Waals surface area (Å²) in [5.74, 6) is 0.405. The largest absolute Gasteiger partial charge is 0.325 e. The number of nitrogens with one attached hydrogen (secondary N) is 1. The normalized spacial score (nSPS) is 11.2. The van der Waals surface area contributed by atoms with Gasteiger partial charge in [0.05, 0.1) is 5.75 Å². The summed E-state index contributed by atoms with van der Waals surface area (Å²) in [7, 11) is 0. The van der Waals surface area contributed by atoms with Crippen molar-refractivity contribution in [3.8, 4) is 11.1 Å². The molecule has 2 nitrogen and oxygen atoms in total. The quantitative estimate of drug-likeness (QED) is 0.524. The summed E-state index contributed by atoms with van der Waals surface area (Å²) < 4.78 is 0. The molecule has 0 heterocycles. The highest BCUT2D eigenvalue weighted by Crippen LogP contribution is 2.26. The topological polar surface area (TPSA) is 29.1 Å². The van der Waals surface area contributed by atoms with Gasteiger partial charge in [-0.25, -0.2) is 0 Å². The molecule has 1 N–H and O–H groups in total. The Labute approximate surface area is 166 Å². The number of hydrogen-bond acceptors (Lipinski definition) is 2. The van der Waals surface area contributed by atoms with Crippen molar-refractivity contribution in [3.63, 3.8) is 0 Å². The zero-order valence-corrected chi connectivity index (χ0v) is 16.8. The summed E-state index contributed by atoms with van der Waals surface area (Å²) in [5, 5.41) is 2.97. The molecule has 3 aromatic carbocycles. The second-order valence-corrected chi connectivity index (χ2v) is 8.60. The van der Waals surface area contributed by atoms with Crippen molar-refractivity contribution in [2.24, 2.45) is 0 Å². The third-order valence-electron chi connectivity index (χ3n) is 4.37. The van der Waals surface area contributed by atoms with Gasteiger partial charge in [-0.2, -0.15) is 0 Å². The molecule has 0 aromatic heterocycles. The maximum Gasteiger partial charge on any atom is 0.234 e. The lowest BCUT2D eigenvalue weighted by Crippen LogP contribution is -2.14. The van der Waals surface area contributed by atoms with Crippen molar-refractivity contribution < 1.29 is 4.79 Å². The number of amides is 1. The molecule has 3 aromatic rings. The average Bonchev–Trinajstić information content (AvgIpc) is 2.67. The minimum absolute atomic E-state index is 0.00681. The maximum atomic E-state index is 12.2. The van der Waals surface area contributed by atoms with Crippen LogP contribution in [0.15, 0.2) is 83.8 Å². The van der Waals surface area contributed by atoms with Crippen LogP contribution in [0.3, 0.4) is 0 Å². The van der Waals surface area contributed by atoms with Gasteiger partial charge in [-0.15, -0.1) is 11.8 Å². The monoisotopic (exact) mass is 375 g/mol. The van der Waals surface area contributed by atoms with E-state index in [-0.39, 0.29) is 11.3 Å². The number of hydrogen-bond donors (Lipinski definition) is 1. The average molecular weight is 376 g/mol. The minimum Gasteiger partial charge on any atom is -0.325 e. The predicted molar refractivity (Wildman–Crippen MR) is 116 cm³/mol. The van der Waals surface area contributed by atoms with Gasteiger partial charge in [-0.3, -0.25) is 4.79 Å². The fourth-order valence-electron chi connectivity index (χ4n) is 2.77. The van der Waals surface area contributed by atoms with Crippen molar-refractivity contribution in [3.05, 3.63) is 84.4 Å². The van der Waals surface area contributed by atoms with Crippen molar-refractivity contribution in [2.75, 3.05) is 11.1 Å². The van der Waals surface area contributed by atoms with Crippen LogP contribution < -0.4 is 5.32 Å². The number of anilines is 1. The number of thioether (sulfide) groups is 1. The van der Waals surface area contributed by atoms with E-state index in [4.69, 9.17) is 0 Å². The van der Waals surface area contributed by atoms with Gasteiger partial charge in [0.2, 0.25) is 5.91 Å². The second kappa shape index (κ2) is 8.45. The van der Waals surface area contributed by atoms with Gasteiger partial charge in [0.1, 0.15) is 0 Å². The molecule has 0 aliphatic heterocycles. The first kappa shape index (κ1) is 19.2. The molecule has 0 unspecified atom stereocenters. The van der Waals surface area contributed by atoms with Crippen LogP contribution in [0.25, 0.3) is 11.1 Å². The van der Waals surface area contributed by atoms with Crippen LogP contribution in [0.4, 0.5) is 5.69 Å². The molecule has 0 spiro atoms. The number of carbonyl (C=O) groups excluding carboxylic acids is 1. The highest BCUT2D eigenvalue weighted by atomic mass is 32.2. The Kier molecular flexibility index (Phi) is 6.02. The number of benzene rings is 3. The fourth-order valence-corrected chi connectivity index (χ4v) is 3.47. The van der Waals surface area contributed by atoms with E-state index >= 15 is 0 Å². The maximum absolute atomic E-state index is 12.2. The third-order valence-corrected chi connectivity index (χ3v) is 5.38. The molecule has 0 radical (unpaired) electrons. The van der Waals surface area contributed by atoms with Crippen LogP contribution in [0.1, 0.15) is 26.3 Å². The zero-order valence-electron chi connectivity index (χ0n) is 16.0. The Morgan fingerprint density at radius 3 is 2.00 bits per heavy atom. The Balaban J connectivity index is 1.53. The van der Waals surface area contributed by atoms with E-state index in [1.54, 1.807) is 11.8 Å². The van der Waals surface area contributed by atoms with E-state index in [0.29, 0.717) is 5.75 Å². The predicted octanol–water partition coefficient (Wildman–Crippen LogP) is 6.38. The van der Waals surface area contributed by atoms with E-state index < -0.39 is 0 Å². The van der Waals surface area contributed by atoms with Crippen molar-refractivity contribution >= 4 is 23.4 Å². The minimum atomic E-state index is 0.00681. The zero-order chi connectivity index (χ0) is 19.3. The van der Waals surface area contributed by atoms with Gasteiger partial charge < -0.3 is 5.32 Å². The van der Waals surface area contributed by atoms with Crippen LogP contribution in [0.5, 0.6) is 0 Å². The van der Waals surface area contributed by atoms with Crippen LogP contribution in [-0.2, 0) is 10.2 Å². The Morgan fingerprint density at radius 2 is 1.41 bits per heavy atom. The molecule has 3 rings (SSSR count). The molecule has 3 heteroatoms. The Hall–Kier alpha value is -2.52. The molecule has 0 aliphatic carbocycles. The molecule has 27 heavy (non-hydrogen) atoms. The number of carbonyl (C=O) groups is 1. The van der Waals surface area contributed by atoms with Gasteiger partial charge in [0.25, 0.3) is 0 Å². The van der Waals surface area contributed by atoms with Crippen molar-refractivity contribution in [1.82, 2.24) is 0 Å². The Morgan fingerprint density at radius 1 is 0.815 bits per heavy atom. The smallest absolute Gasteiger partial charge is 0.234 e. The molecule has 0 bridgehead atoms. The first-order chi connectivity index (χ1) is 12.9. The SMILES string of the molecule is CC(C)(C)c1ccc(SCC(=O)Nc2ccc(-c3ccccc3)cc2)cc1. The van der Waals surface area contributed by atoms with Gasteiger partial charge >= 0.3 is 0 Å². The molecule has 1 amide bonds. The molecule has 0 saturated heterocycles. The highest BCUT2D eigenvalue weighted by Gasteiger charge is 2.13. The van der Waals surface area contributed by atoms with Gasteiger partial charge in [0.15, 0.2) is 0 Å². The lowest BCUT2D eigenvalue weighted by atomic mass is 9.87. The lowest BCUT2D eigenvalue weighted by Gasteiger charge is -2.19. The first-order valence-corrected chi connectivity index (χ1v) is 10.1. The van der Waals surface area contributed by atoms with E-state index in [1.807, 2.05) is 42.5 Å². The van der Waals surface area contributed by atoms with Crippen LogP contribution >= 0.6 is 11.8 Å². The van der Waals surface area contributed by atoms with E-state index in [1.165, 1.54) is 11.1 Å². The lowest BCUT2D eigenvalue weighted by molar-refractivity contribution is -0.113. The molecule has 0 atom stereocenters. The summed E-state index contributed by atoms with van der Waals surface area (Å²) in [6.45, 7) is 6.60. The van der Waals surface area contributed by atoms with Crippen molar-refractivity contribution in [1.29, 1.82) is 0 Å². The molecule has 0 saturated carbocycles. The van der Waals surface area contributed by atoms with Crippen LogP contribution in [0.2, 0.25) is 0 Å². The third kappa shape index (κ3) is 5.48. The summed E-state index contributed by atoms with van der Waals surface area (Å²) >= 11 is 1.56. The molecule has 138 valence electrons. The number of rotatable bonds is 5. The summed E-state index contributed by atoms with van der Waals surface area (Å²) in [4.78, 5) is 13.3. The Bertz CT molecular complexity index is 878. The first-order valence-electron chi connectivity index (χ1n) is 9.10.